The van der Waals surface area contributed by atoms with Gasteiger partial charge in [0.15, 0.2) is 16.7 Å². The summed E-state index contributed by atoms with van der Waals surface area (Å²) in [6.45, 7) is 0. The molecule has 0 aliphatic carbocycles. The third kappa shape index (κ3) is 2.26. The summed E-state index contributed by atoms with van der Waals surface area (Å²) in [7, 11) is 0. The number of carbonyl (C=O) groups is 1. The number of carbonyl (C=O) groups excluding carboxylic acids is 1. The Bertz CT molecular complexity index is 800. The van der Waals surface area contributed by atoms with Gasteiger partial charge in [-0.15, -0.1) is 0 Å². The van der Waals surface area contributed by atoms with Crippen molar-refractivity contribution in [2.45, 2.75) is 0 Å². The van der Waals surface area contributed by atoms with E-state index in [2.05, 4.69) is 15.3 Å². The maximum Gasteiger partial charge on any atom is 0.256 e. The van der Waals surface area contributed by atoms with Gasteiger partial charge in [-0.3, -0.25) is 4.79 Å². The predicted octanol–water partition coefficient (Wildman–Crippen LogP) is 2.23. The van der Waals surface area contributed by atoms with E-state index in [4.69, 9.17) is 5.73 Å². The molecule has 100 valence electrons. The first-order valence-electron chi connectivity index (χ1n) is 5.75. The Kier molecular flexibility index (Phi) is 2.96. The van der Waals surface area contributed by atoms with Crippen LogP contribution >= 0.6 is 11.3 Å². The molecule has 0 bridgehead atoms. The van der Waals surface area contributed by atoms with E-state index in [0.29, 0.717) is 10.7 Å². The lowest BCUT2D eigenvalue weighted by atomic mass is 10.2. The van der Waals surface area contributed by atoms with Crippen LogP contribution in [0.3, 0.4) is 0 Å². The van der Waals surface area contributed by atoms with Gasteiger partial charge in [0.2, 0.25) is 0 Å². The van der Waals surface area contributed by atoms with Gasteiger partial charge in [-0.2, -0.15) is 0 Å². The average molecular weight is 286 g/mol. The van der Waals surface area contributed by atoms with Crippen LogP contribution in [0.1, 0.15) is 10.4 Å². The highest BCUT2D eigenvalue weighted by atomic mass is 32.1. The van der Waals surface area contributed by atoms with Crippen LogP contribution in [0.2, 0.25) is 0 Å². The quantitative estimate of drug-likeness (QED) is 0.670. The fraction of sp³-hybridized carbons (Fsp3) is 0. The number of fused-ring (bicyclic) bond motifs is 1. The number of anilines is 2. The Morgan fingerprint density at radius 1 is 1.35 bits per heavy atom. The number of nitrogens with two attached hydrogens (primary N) is 1. The highest BCUT2D eigenvalue weighted by Gasteiger charge is 2.11. The summed E-state index contributed by atoms with van der Waals surface area (Å²) < 4.78 is 0.834. The van der Waals surface area contributed by atoms with Crippen molar-refractivity contribution < 1.29 is 9.90 Å². The van der Waals surface area contributed by atoms with Crippen LogP contribution in [0.15, 0.2) is 36.5 Å². The van der Waals surface area contributed by atoms with E-state index in [0.717, 1.165) is 10.2 Å². The van der Waals surface area contributed by atoms with Gasteiger partial charge in [0, 0.05) is 11.8 Å². The third-order valence-corrected chi connectivity index (χ3v) is 3.53. The lowest BCUT2D eigenvalue weighted by Crippen LogP contribution is -2.12. The second-order valence-corrected chi connectivity index (χ2v) is 5.12. The second-order valence-electron chi connectivity index (χ2n) is 4.06. The number of thiazole rings is 1. The zero-order chi connectivity index (χ0) is 14.1. The number of rotatable bonds is 2. The Morgan fingerprint density at radius 2 is 2.20 bits per heavy atom. The number of aromatic hydroxyl groups is 1. The summed E-state index contributed by atoms with van der Waals surface area (Å²) >= 11 is 1.31. The first-order valence-corrected chi connectivity index (χ1v) is 6.56. The smallest absolute Gasteiger partial charge is 0.256 e. The van der Waals surface area contributed by atoms with Gasteiger partial charge in [-0.1, -0.05) is 11.3 Å². The SMILES string of the molecule is Nc1nc2ccc(C(=O)Nc3ncccc3O)cc2s1. The molecule has 3 rings (SSSR count). The van der Waals surface area contributed by atoms with Gasteiger partial charge < -0.3 is 16.2 Å². The number of aromatic nitrogens is 2. The molecule has 6 nitrogen and oxygen atoms in total. The molecule has 0 fully saturated rings. The number of hydrogen-bond acceptors (Lipinski definition) is 6. The molecule has 4 N–H and O–H groups in total. The molecule has 2 heterocycles. The van der Waals surface area contributed by atoms with Crippen LogP contribution in [0.4, 0.5) is 10.9 Å². The zero-order valence-electron chi connectivity index (χ0n) is 10.2. The number of pyridine rings is 1. The number of benzene rings is 1. The Morgan fingerprint density at radius 3 is 3.00 bits per heavy atom. The van der Waals surface area contributed by atoms with Crippen molar-refractivity contribution in [2.24, 2.45) is 0 Å². The molecule has 0 unspecified atom stereocenters. The molecule has 0 atom stereocenters. The minimum absolute atomic E-state index is 0.0797. The summed E-state index contributed by atoms with van der Waals surface area (Å²) in [5.74, 6) is -0.307. The van der Waals surface area contributed by atoms with Crippen LogP contribution in [-0.4, -0.2) is 21.0 Å². The lowest BCUT2D eigenvalue weighted by Gasteiger charge is -2.05. The van der Waals surface area contributed by atoms with Gasteiger partial charge in [-0.25, -0.2) is 9.97 Å². The molecule has 1 amide bonds. The van der Waals surface area contributed by atoms with Crippen LogP contribution in [-0.2, 0) is 0 Å². The molecular formula is C13H10N4O2S. The van der Waals surface area contributed by atoms with E-state index in [9.17, 15) is 9.90 Å². The molecule has 2 aromatic heterocycles. The first kappa shape index (κ1) is 12.4. The van der Waals surface area contributed by atoms with E-state index in [1.807, 2.05) is 0 Å². The van der Waals surface area contributed by atoms with E-state index in [-0.39, 0.29) is 17.5 Å². The molecule has 3 aromatic rings. The molecule has 0 saturated heterocycles. The summed E-state index contributed by atoms with van der Waals surface area (Å²) in [4.78, 5) is 20.1. The standard InChI is InChI=1S/C13H10N4O2S/c14-13-16-8-4-3-7(6-10(8)20-13)12(19)17-11-9(18)2-1-5-15-11/h1-6,18H,(H2,14,16)(H,15,17,19). The van der Waals surface area contributed by atoms with Gasteiger partial charge in [0.25, 0.3) is 5.91 Å². The molecule has 7 heteroatoms. The molecule has 0 aliphatic rings. The molecule has 0 radical (unpaired) electrons. The molecule has 20 heavy (non-hydrogen) atoms. The van der Waals surface area contributed by atoms with E-state index < -0.39 is 0 Å². The minimum Gasteiger partial charge on any atom is -0.504 e. The number of nitrogens with one attached hydrogen (secondary N) is 1. The van der Waals surface area contributed by atoms with E-state index in [1.165, 1.54) is 23.6 Å². The summed E-state index contributed by atoms with van der Waals surface area (Å²) in [6.07, 6.45) is 1.49. The maximum atomic E-state index is 12.1. The predicted molar refractivity (Wildman–Crippen MR) is 77.9 cm³/mol. The zero-order valence-corrected chi connectivity index (χ0v) is 11.0. The third-order valence-electron chi connectivity index (χ3n) is 2.69. The monoisotopic (exact) mass is 286 g/mol. The summed E-state index contributed by atoms with van der Waals surface area (Å²) in [5.41, 5.74) is 6.83. The lowest BCUT2D eigenvalue weighted by molar-refractivity contribution is 0.102. The Hall–Kier alpha value is -2.67. The molecule has 0 spiro atoms. The van der Waals surface area contributed by atoms with Gasteiger partial charge >= 0.3 is 0 Å². The molecular weight excluding hydrogens is 276 g/mol. The normalized spacial score (nSPS) is 10.6. The highest BCUT2D eigenvalue weighted by Crippen LogP contribution is 2.25. The van der Waals surface area contributed by atoms with Gasteiger partial charge in [0.05, 0.1) is 10.2 Å². The molecule has 0 aliphatic heterocycles. The van der Waals surface area contributed by atoms with Crippen LogP contribution < -0.4 is 11.1 Å². The largest absolute Gasteiger partial charge is 0.504 e. The molecule has 0 saturated carbocycles. The topological polar surface area (TPSA) is 101 Å². The number of amides is 1. The van der Waals surface area contributed by atoms with Crippen molar-refractivity contribution in [1.29, 1.82) is 0 Å². The summed E-state index contributed by atoms with van der Waals surface area (Å²) in [5, 5.41) is 12.6. The number of nitrogens with zero attached hydrogens (tertiary/aromatic N) is 2. The van der Waals surface area contributed by atoms with Crippen molar-refractivity contribution in [3.05, 3.63) is 42.1 Å². The number of hydrogen-bond donors (Lipinski definition) is 3. The fourth-order valence-electron chi connectivity index (χ4n) is 1.76. The van der Waals surface area contributed by atoms with E-state index >= 15 is 0 Å². The van der Waals surface area contributed by atoms with Crippen LogP contribution in [0.25, 0.3) is 10.2 Å². The Balaban J connectivity index is 1.90. The van der Waals surface area contributed by atoms with Gasteiger partial charge in [-0.05, 0) is 30.3 Å². The van der Waals surface area contributed by atoms with Crippen LogP contribution in [0.5, 0.6) is 5.75 Å². The van der Waals surface area contributed by atoms with Crippen LogP contribution in [0, 0.1) is 0 Å². The second kappa shape index (κ2) is 4.78. The van der Waals surface area contributed by atoms with E-state index in [1.54, 1.807) is 24.3 Å². The van der Waals surface area contributed by atoms with Crippen molar-refractivity contribution in [2.75, 3.05) is 11.1 Å². The number of nitrogen functional groups attached to an aromatic ring is 1. The van der Waals surface area contributed by atoms with Gasteiger partial charge in [0.1, 0.15) is 0 Å². The van der Waals surface area contributed by atoms with Crippen molar-refractivity contribution in [3.8, 4) is 5.75 Å². The maximum absolute atomic E-state index is 12.1. The first-order chi connectivity index (χ1) is 9.63. The van der Waals surface area contributed by atoms with Crippen molar-refractivity contribution >= 4 is 38.4 Å². The van der Waals surface area contributed by atoms with Crippen molar-refractivity contribution in [1.82, 2.24) is 9.97 Å². The molecule has 1 aromatic carbocycles. The minimum atomic E-state index is -0.354. The average Bonchev–Trinajstić information content (AvgIpc) is 2.80. The summed E-state index contributed by atoms with van der Waals surface area (Å²) in [6, 6.07) is 8.12. The Labute approximate surface area is 117 Å². The fourth-order valence-corrected chi connectivity index (χ4v) is 2.53. The van der Waals surface area contributed by atoms with Crippen molar-refractivity contribution in [3.63, 3.8) is 0 Å². The highest BCUT2D eigenvalue weighted by molar-refractivity contribution is 7.22.